The van der Waals surface area contributed by atoms with Crippen molar-refractivity contribution in [3.8, 4) is 11.5 Å². The molecule has 0 spiro atoms. The first kappa shape index (κ1) is 17.2. The van der Waals surface area contributed by atoms with Gasteiger partial charge in [0.15, 0.2) is 0 Å². The Bertz CT molecular complexity index is 727. The summed E-state index contributed by atoms with van der Waals surface area (Å²) in [5, 5.41) is 2.92. The van der Waals surface area contributed by atoms with Gasteiger partial charge in [-0.05, 0) is 38.1 Å². The Kier molecular flexibility index (Phi) is 5.16. The van der Waals surface area contributed by atoms with Crippen molar-refractivity contribution in [2.45, 2.75) is 39.5 Å². The van der Waals surface area contributed by atoms with Gasteiger partial charge in [0.25, 0.3) is 0 Å². The summed E-state index contributed by atoms with van der Waals surface area (Å²) in [6, 6.07) is 7.47. The molecule has 0 radical (unpaired) electrons. The summed E-state index contributed by atoms with van der Waals surface area (Å²) >= 11 is 0. The van der Waals surface area contributed by atoms with E-state index in [2.05, 4.69) is 5.32 Å². The first-order chi connectivity index (χ1) is 12.1. The number of furan rings is 1. The van der Waals surface area contributed by atoms with Crippen LogP contribution in [-0.4, -0.2) is 30.7 Å². The van der Waals surface area contributed by atoms with Crippen molar-refractivity contribution in [3.05, 3.63) is 47.4 Å². The molecule has 0 bridgehead atoms. The first-order valence-corrected chi connectivity index (χ1v) is 8.53. The van der Waals surface area contributed by atoms with E-state index >= 15 is 0 Å². The summed E-state index contributed by atoms with van der Waals surface area (Å²) in [5.74, 6) is 2.42. The van der Waals surface area contributed by atoms with Gasteiger partial charge in [0.05, 0.1) is 19.4 Å². The number of urea groups is 1. The van der Waals surface area contributed by atoms with Gasteiger partial charge in [-0.3, -0.25) is 0 Å². The summed E-state index contributed by atoms with van der Waals surface area (Å²) < 4.78 is 16.8. The van der Waals surface area contributed by atoms with Crippen LogP contribution in [0.15, 0.2) is 34.9 Å². The number of hydrogen-bond acceptors (Lipinski definition) is 4. The Hall–Kier alpha value is -2.63. The second-order valence-corrected chi connectivity index (χ2v) is 6.23. The number of carbonyl (C=O) groups is 1. The molecule has 2 heterocycles. The normalized spacial score (nSPS) is 15.4. The van der Waals surface area contributed by atoms with Gasteiger partial charge in [-0.25, -0.2) is 4.79 Å². The molecule has 3 rings (SSSR count). The van der Waals surface area contributed by atoms with Gasteiger partial charge >= 0.3 is 6.03 Å². The van der Waals surface area contributed by atoms with Gasteiger partial charge in [-0.15, -0.1) is 0 Å². The van der Waals surface area contributed by atoms with Crippen LogP contribution in [0.5, 0.6) is 11.5 Å². The van der Waals surface area contributed by atoms with Crippen LogP contribution in [0.3, 0.4) is 0 Å². The van der Waals surface area contributed by atoms with E-state index in [0.29, 0.717) is 19.7 Å². The van der Waals surface area contributed by atoms with E-state index in [4.69, 9.17) is 13.9 Å². The number of nitrogens with zero attached hydrogens (tertiary/aromatic N) is 1. The van der Waals surface area contributed by atoms with Gasteiger partial charge in [-0.1, -0.05) is 0 Å². The van der Waals surface area contributed by atoms with Crippen molar-refractivity contribution in [3.63, 3.8) is 0 Å². The molecule has 1 aliphatic heterocycles. The molecule has 1 N–H and O–H groups in total. The molecule has 1 aromatic heterocycles. The standard InChI is InChI=1S/C19H24N2O4/c1-4-23-17-9-14-8-13(2)25-18(14)10-15(17)11-20-19(22)21(3)12-16-6-5-7-24-16/h5-7,9-10,13H,4,8,11-12H2,1-3H3,(H,20,22)/t13-/m1/s1. The van der Waals surface area contributed by atoms with E-state index in [0.717, 1.165) is 34.8 Å². The Labute approximate surface area is 147 Å². The van der Waals surface area contributed by atoms with E-state index in [-0.39, 0.29) is 12.1 Å². The summed E-state index contributed by atoms with van der Waals surface area (Å²) in [7, 11) is 1.73. The van der Waals surface area contributed by atoms with Crippen molar-refractivity contribution in [1.82, 2.24) is 10.2 Å². The molecule has 25 heavy (non-hydrogen) atoms. The summed E-state index contributed by atoms with van der Waals surface area (Å²) in [5.41, 5.74) is 2.07. The van der Waals surface area contributed by atoms with E-state index in [1.165, 1.54) is 0 Å². The zero-order chi connectivity index (χ0) is 17.8. The van der Waals surface area contributed by atoms with Crippen LogP contribution in [0.1, 0.15) is 30.7 Å². The lowest BCUT2D eigenvalue weighted by Crippen LogP contribution is -2.36. The summed E-state index contributed by atoms with van der Waals surface area (Å²) in [6.07, 6.45) is 2.66. The number of amides is 2. The fourth-order valence-electron chi connectivity index (χ4n) is 2.92. The van der Waals surface area contributed by atoms with Gasteiger partial charge in [0.1, 0.15) is 23.4 Å². The van der Waals surface area contributed by atoms with E-state index in [9.17, 15) is 4.79 Å². The molecule has 0 fully saturated rings. The third-order valence-corrected chi connectivity index (χ3v) is 4.13. The Morgan fingerprint density at radius 1 is 1.44 bits per heavy atom. The first-order valence-electron chi connectivity index (χ1n) is 8.53. The molecule has 1 aromatic carbocycles. The quantitative estimate of drug-likeness (QED) is 0.873. The monoisotopic (exact) mass is 344 g/mol. The molecule has 6 nitrogen and oxygen atoms in total. The molecule has 0 saturated heterocycles. The lowest BCUT2D eigenvalue weighted by atomic mass is 10.1. The molecule has 1 atom stereocenters. The SMILES string of the molecule is CCOc1cc2c(cc1CNC(=O)N(C)Cc1ccco1)O[C@H](C)C2. The zero-order valence-corrected chi connectivity index (χ0v) is 14.9. The maximum absolute atomic E-state index is 12.3. The number of hydrogen-bond donors (Lipinski definition) is 1. The molecule has 0 saturated carbocycles. The van der Waals surface area contributed by atoms with Crippen LogP contribution in [-0.2, 0) is 19.5 Å². The number of carbonyl (C=O) groups excluding carboxylic acids is 1. The predicted molar refractivity (Wildman–Crippen MR) is 93.8 cm³/mol. The minimum Gasteiger partial charge on any atom is -0.494 e. The maximum atomic E-state index is 12.3. The number of nitrogens with one attached hydrogen (secondary N) is 1. The Balaban J connectivity index is 1.65. The highest BCUT2D eigenvalue weighted by Crippen LogP contribution is 2.35. The second-order valence-electron chi connectivity index (χ2n) is 6.23. The average Bonchev–Trinajstić information content (AvgIpc) is 3.20. The minimum absolute atomic E-state index is 0.173. The molecule has 1 aliphatic rings. The number of benzene rings is 1. The molecule has 0 unspecified atom stereocenters. The molecule has 2 aromatic rings. The molecule has 2 amide bonds. The maximum Gasteiger partial charge on any atom is 0.317 e. The van der Waals surface area contributed by atoms with Crippen molar-refractivity contribution < 1.29 is 18.7 Å². The molecular weight excluding hydrogens is 320 g/mol. The van der Waals surface area contributed by atoms with E-state index in [1.54, 1.807) is 24.3 Å². The molecule has 6 heteroatoms. The fraction of sp³-hybridized carbons (Fsp3) is 0.421. The largest absolute Gasteiger partial charge is 0.494 e. The van der Waals surface area contributed by atoms with Gasteiger partial charge in [-0.2, -0.15) is 0 Å². The van der Waals surface area contributed by atoms with Crippen molar-refractivity contribution in [2.24, 2.45) is 0 Å². The van der Waals surface area contributed by atoms with Gasteiger partial charge < -0.3 is 24.1 Å². The minimum atomic E-state index is -0.173. The van der Waals surface area contributed by atoms with Crippen molar-refractivity contribution in [1.29, 1.82) is 0 Å². The lowest BCUT2D eigenvalue weighted by molar-refractivity contribution is 0.202. The highest BCUT2D eigenvalue weighted by molar-refractivity contribution is 5.74. The molecule has 0 aliphatic carbocycles. The Morgan fingerprint density at radius 3 is 3.00 bits per heavy atom. The number of rotatable bonds is 6. The Morgan fingerprint density at radius 2 is 2.28 bits per heavy atom. The van der Waals surface area contributed by atoms with Crippen molar-refractivity contribution >= 4 is 6.03 Å². The van der Waals surface area contributed by atoms with Crippen LogP contribution in [0, 0.1) is 0 Å². The van der Waals surface area contributed by atoms with Crippen LogP contribution in [0.4, 0.5) is 4.79 Å². The third-order valence-electron chi connectivity index (χ3n) is 4.13. The zero-order valence-electron chi connectivity index (χ0n) is 14.9. The number of ether oxygens (including phenoxy) is 2. The number of fused-ring (bicyclic) bond motifs is 1. The topological polar surface area (TPSA) is 63.9 Å². The average molecular weight is 344 g/mol. The van der Waals surface area contributed by atoms with Crippen LogP contribution in [0.2, 0.25) is 0 Å². The molecule has 134 valence electrons. The van der Waals surface area contributed by atoms with E-state index in [1.807, 2.05) is 32.0 Å². The van der Waals surface area contributed by atoms with Crippen molar-refractivity contribution in [2.75, 3.05) is 13.7 Å². The van der Waals surface area contributed by atoms with Crippen LogP contribution in [0.25, 0.3) is 0 Å². The molecular formula is C19H24N2O4. The highest BCUT2D eigenvalue weighted by Gasteiger charge is 2.22. The fourth-order valence-corrected chi connectivity index (χ4v) is 2.92. The third kappa shape index (κ3) is 4.07. The van der Waals surface area contributed by atoms with E-state index < -0.39 is 0 Å². The highest BCUT2D eigenvalue weighted by atomic mass is 16.5. The van der Waals surface area contributed by atoms with Gasteiger partial charge in [0.2, 0.25) is 0 Å². The van der Waals surface area contributed by atoms with Gasteiger partial charge in [0, 0.05) is 31.1 Å². The summed E-state index contributed by atoms with van der Waals surface area (Å²) in [4.78, 5) is 13.9. The van der Waals surface area contributed by atoms with Crippen LogP contribution < -0.4 is 14.8 Å². The predicted octanol–water partition coefficient (Wildman–Crippen LogP) is 3.34. The van der Waals surface area contributed by atoms with Crippen LogP contribution >= 0.6 is 0 Å². The smallest absolute Gasteiger partial charge is 0.317 e. The lowest BCUT2D eigenvalue weighted by Gasteiger charge is -2.18. The second kappa shape index (κ2) is 7.51. The summed E-state index contributed by atoms with van der Waals surface area (Å²) in [6.45, 7) is 5.37.